The van der Waals surface area contributed by atoms with Gasteiger partial charge in [-0.2, -0.15) is 0 Å². The summed E-state index contributed by atoms with van der Waals surface area (Å²) in [6.07, 6.45) is 5.37. The summed E-state index contributed by atoms with van der Waals surface area (Å²) < 4.78 is 6.05. The van der Waals surface area contributed by atoms with E-state index >= 15 is 0 Å². The minimum absolute atomic E-state index is 0.00357. The molecule has 0 spiro atoms. The minimum Gasteiger partial charge on any atom is -0.457 e. The first-order valence-electron chi connectivity index (χ1n) is 9.36. The maximum atomic E-state index is 12.3. The second-order valence-corrected chi connectivity index (χ2v) is 7.06. The number of ether oxygens (including phenoxy) is 1. The van der Waals surface area contributed by atoms with Gasteiger partial charge in [0.2, 0.25) is 5.91 Å². The molecule has 4 rings (SSSR count). The van der Waals surface area contributed by atoms with Gasteiger partial charge in [-0.1, -0.05) is 24.6 Å². The number of nitrogens with two attached hydrogens (primary N) is 1. The largest absolute Gasteiger partial charge is 0.457 e. The Labute approximate surface area is 158 Å². The number of rotatable bonds is 5. The molecule has 0 saturated heterocycles. The molecule has 5 nitrogen and oxygen atoms in total. The van der Waals surface area contributed by atoms with Gasteiger partial charge in [0.25, 0.3) is 0 Å². The highest BCUT2D eigenvalue weighted by molar-refractivity contribution is 5.91. The van der Waals surface area contributed by atoms with Crippen molar-refractivity contribution in [1.82, 2.24) is 4.98 Å². The van der Waals surface area contributed by atoms with E-state index in [0.717, 1.165) is 41.6 Å². The number of hydrogen-bond acceptors (Lipinski definition) is 4. The fraction of sp³-hybridized carbons (Fsp3) is 0.273. The summed E-state index contributed by atoms with van der Waals surface area (Å²) in [7, 11) is 0. The molecule has 1 aliphatic rings. The van der Waals surface area contributed by atoms with E-state index < -0.39 is 0 Å². The Balaban J connectivity index is 1.46. The van der Waals surface area contributed by atoms with E-state index in [1.165, 1.54) is 0 Å². The Morgan fingerprint density at radius 1 is 1.15 bits per heavy atom. The van der Waals surface area contributed by atoms with E-state index in [-0.39, 0.29) is 17.9 Å². The Morgan fingerprint density at radius 3 is 2.89 bits per heavy atom. The molecule has 1 amide bonds. The number of para-hydroxylation sites is 1. The van der Waals surface area contributed by atoms with Gasteiger partial charge in [0.05, 0.1) is 5.52 Å². The lowest BCUT2D eigenvalue weighted by Crippen LogP contribution is -2.28. The van der Waals surface area contributed by atoms with Crippen LogP contribution in [0.5, 0.6) is 11.5 Å². The lowest BCUT2D eigenvalue weighted by molar-refractivity contribution is -0.117. The topological polar surface area (TPSA) is 77.2 Å². The highest BCUT2D eigenvalue weighted by Gasteiger charge is 2.26. The predicted molar refractivity (Wildman–Crippen MR) is 107 cm³/mol. The zero-order chi connectivity index (χ0) is 18.6. The molecule has 3 aromatic rings. The van der Waals surface area contributed by atoms with Crippen molar-refractivity contribution in [3.63, 3.8) is 0 Å². The minimum atomic E-state index is 0.00357. The average Bonchev–Trinajstić information content (AvgIpc) is 3.07. The smallest absolute Gasteiger partial charge is 0.224 e. The SMILES string of the molecule is N[C@@H]1CCC[C@H]1CC(=O)Nc1cccc(Oc2ccnc3ccccc23)c1. The summed E-state index contributed by atoms with van der Waals surface area (Å²) >= 11 is 0. The summed E-state index contributed by atoms with van der Waals surface area (Å²) in [6.45, 7) is 0. The van der Waals surface area contributed by atoms with Crippen molar-refractivity contribution in [3.8, 4) is 11.5 Å². The second kappa shape index (κ2) is 7.76. The molecule has 0 unspecified atom stereocenters. The number of hydrogen-bond donors (Lipinski definition) is 2. The number of carbonyl (C=O) groups excluding carboxylic acids is 1. The van der Waals surface area contributed by atoms with Crippen molar-refractivity contribution in [3.05, 3.63) is 60.8 Å². The number of carbonyl (C=O) groups is 1. The summed E-state index contributed by atoms with van der Waals surface area (Å²) in [5.41, 5.74) is 7.68. The lowest BCUT2D eigenvalue weighted by atomic mass is 10.00. The van der Waals surface area contributed by atoms with Gasteiger partial charge in [-0.15, -0.1) is 0 Å². The maximum absolute atomic E-state index is 12.3. The molecular weight excluding hydrogens is 338 g/mol. The molecule has 138 valence electrons. The van der Waals surface area contributed by atoms with Crippen LogP contribution in [0.1, 0.15) is 25.7 Å². The summed E-state index contributed by atoms with van der Waals surface area (Å²) in [6, 6.07) is 17.3. The van der Waals surface area contributed by atoms with E-state index in [0.29, 0.717) is 12.2 Å². The third-order valence-corrected chi connectivity index (χ3v) is 5.12. The molecule has 1 saturated carbocycles. The number of amides is 1. The Bertz CT molecular complexity index is 952. The Morgan fingerprint density at radius 2 is 2.04 bits per heavy atom. The molecule has 3 N–H and O–H groups in total. The van der Waals surface area contributed by atoms with Crippen LogP contribution in [0.2, 0.25) is 0 Å². The Hall–Kier alpha value is -2.92. The quantitative estimate of drug-likeness (QED) is 0.702. The molecule has 27 heavy (non-hydrogen) atoms. The van der Waals surface area contributed by atoms with Crippen molar-refractivity contribution in [2.24, 2.45) is 11.7 Å². The van der Waals surface area contributed by atoms with E-state index in [1.54, 1.807) is 6.20 Å². The van der Waals surface area contributed by atoms with Crippen molar-refractivity contribution in [1.29, 1.82) is 0 Å². The van der Waals surface area contributed by atoms with Gasteiger partial charge in [0.15, 0.2) is 0 Å². The predicted octanol–water partition coefficient (Wildman–Crippen LogP) is 4.48. The molecule has 1 aliphatic carbocycles. The molecule has 0 radical (unpaired) electrons. The zero-order valence-electron chi connectivity index (χ0n) is 15.1. The van der Waals surface area contributed by atoms with Crippen LogP contribution in [0, 0.1) is 5.92 Å². The van der Waals surface area contributed by atoms with Gasteiger partial charge in [0, 0.05) is 35.8 Å². The third-order valence-electron chi connectivity index (χ3n) is 5.12. The molecule has 0 bridgehead atoms. The lowest BCUT2D eigenvalue weighted by Gasteiger charge is -2.15. The second-order valence-electron chi connectivity index (χ2n) is 7.06. The third kappa shape index (κ3) is 4.09. The highest BCUT2D eigenvalue weighted by Crippen LogP contribution is 2.30. The number of nitrogens with one attached hydrogen (secondary N) is 1. The van der Waals surface area contributed by atoms with E-state index in [2.05, 4.69) is 10.3 Å². The number of nitrogens with zero attached hydrogens (tertiary/aromatic N) is 1. The molecule has 2 aromatic carbocycles. The first-order chi connectivity index (χ1) is 13.2. The van der Waals surface area contributed by atoms with Crippen molar-refractivity contribution in [2.45, 2.75) is 31.7 Å². The molecule has 1 fully saturated rings. The fourth-order valence-electron chi connectivity index (χ4n) is 3.69. The van der Waals surface area contributed by atoms with Crippen LogP contribution in [0.3, 0.4) is 0 Å². The van der Waals surface area contributed by atoms with E-state index in [4.69, 9.17) is 10.5 Å². The van der Waals surface area contributed by atoms with Crippen LogP contribution in [0.25, 0.3) is 10.9 Å². The zero-order valence-corrected chi connectivity index (χ0v) is 15.1. The number of pyridine rings is 1. The van der Waals surface area contributed by atoms with Crippen molar-refractivity contribution in [2.75, 3.05) is 5.32 Å². The molecule has 2 atom stereocenters. The van der Waals surface area contributed by atoms with Crippen LogP contribution >= 0.6 is 0 Å². The number of fused-ring (bicyclic) bond motifs is 1. The molecule has 0 aliphatic heterocycles. The van der Waals surface area contributed by atoms with Gasteiger partial charge < -0.3 is 15.8 Å². The monoisotopic (exact) mass is 361 g/mol. The highest BCUT2D eigenvalue weighted by atomic mass is 16.5. The van der Waals surface area contributed by atoms with Crippen molar-refractivity contribution < 1.29 is 9.53 Å². The van der Waals surface area contributed by atoms with Crippen LogP contribution in [-0.4, -0.2) is 16.9 Å². The number of aromatic nitrogens is 1. The summed E-state index contributed by atoms with van der Waals surface area (Å²) in [5, 5.41) is 3.91. The molecule has 5 heteroatoms. The Kier molecular flexibility index (Phi) is 5.03. The van der Waals surface area contributed by atoms with Crippen LogP contribution in [0.4, 0.5) is 5.69 Å². The van der Waals surface area contributed by atoms with E-state index in [1.807, 2.05) is 54.6 Å². The number of anilines is 1. The van der Waals surface area contributed by atoms with E-state index in [9.17, 15) is 4.79 Å². The molecule has 1 heterocycles. The van der Waals surface area contributed by atoms with Crippen LogP contribution in [-0.2, 0) is 4.79 Å². The maximum Gasteiger partial charge on any atom is 0.224 e. The summed E-state index contributed by atoms with van der Waals surface area (Å²) in [5.74, 6) is 1.69. The normalized spacial score (nSPS) is 19.1. The fourth-order valence-corrected chi connectivity index (χ4v) is 3.69. The van der Waals surface area contributed by atoms with Crippen LogP contribution < -0.4 is 15.8 Å². The number of benzene rings is 2. The van der Waals surface area contributed by atoms with Crippen LogP contribution in [0.15, 0.2) is 60.8 Å². The van der Waals surface area contributed by atoms with Gasteiger partial charge in [-0.25, -0.2) is 0 Å². The summed E-state index contributed by atoms with van der Waals surface area (Å²) in [4.78, 5) is 16.7. The molecular formula is C22H23N3O2. The van der Waals surface area contributed by atoms with Gasteiger partial charge >= 0.3 is 0 Å². The molecule has 1 aromatic heterocycles. The van der Waals surface area contributed by atoms with Crippen molar-refractivity contribution >= 4 is 22.5 Å². The first kappa shape index (κ1) is 17.5. The standard InChI is InChI=1S/C22H23N3O2/c23-19-9-3-5-15(19)13-22(26)25-16-6-4-7-17(14-16)27-21-11-12-24-20-10-2-1-8-18(20)21/h1-2,4,6-8,10-12,14-15,19H,3,5,9,13,23H2,(H,25,26)/t15-,19+/m0/s1. The van der Waals surface area contributed by atoms with Gasteiger partial charge in [-0.3, -0.25) is 9.78 Å². The van der Waals surface area contributed by atoms with Gasteiger partial charge in [0.1, 0.15) is 11.5 Å². The first-order valence-corrected chi connectivity index (χ1v) is 9.36. The average molecular weight is 361 g/mol. The van der Waals surface area contributed by atoms with Gasteiger partial charge in [-0.05, 0) is 49.1 Å².